The van der Waals surface area contributed by atoms with E-state index in [4.69, 9.17) is 4.74 Å². The second-order valence-corrected chi connectivity index (χ2v) is 8.45. The molecule has 1 aliphatic rings. The van der Waals surface area contributed by atoms with Gasteiger partial charge >= 0.3 is 0 Å². The third-order valence-electron chi connectivity index (χ3n) is 5.84. The highest BCUT2D eigenvalue weighted by Gasteiger charge is 2.26. The average Bonchev–Trinajstić information content (AvgIpc) is 3.22. The molecule has 1 aliphatic heterocycles. The van der Waals surface area contributed by atoms with Crippen LogP contribution in [0.3, 0.4) is 0 Å². The predicted molar refractivity (Wildman–Crippen MR) is 120 cm³/mol. The summed E-state index contributed by atoms with van der Waals surface area (Å²) in [5.74, 6) is 0.548. The van der Waals surface area contributed by atoms with Gasteiger partial charge in [-0.1, -0.05) is 26.0 Å². The molecule has 0 aliphatic carbocycles. The number of carbonyl (C=O) groups excluding carboxylic acids is 1. The van der Waals surface area contributed by atoms with Crippen molar-refractivity contribution in [2.45, 2.75) is 32.2 Å². The molecule has 1 saturated heterocycles. The lowest BCUT2D eigenvalue weighted by Crippen LogP contribution is -2.32. The first-order chi connectivity index (χ1) is 14.3. The van der Waals surface area contributed by atoms with Gasteiger partial charge in [-0.2, -0.15) is 0 Å². The molecular weight excluding hydrogens is 381 g/mol. The van der Waals surface area contributed by atoms with Gasteiger partial charge in [0, 0.05) is 31.9 Å². The Kier molecular flexibility index (Phi) is 6.98. The van der Waals surface area contributed by atoms with Gasteiger partial charge in [-0.15, -0.1) is 0 Å². The Labute approximate surface area is 179 Å². The quantitative estimate of drug-likeness (QED) is 0.684. The Balaban J connectivity index is 1.60. The molecule has 1 fully saturated rings. The van der Waals surface area contributed by atoms with Crippen molar-refractivity contribution in [2.24, 2.45) is 0 Å². The summed E-state index contributed by atoms with van der Waals surface area (Å²) in [6.45, 7) is 5.79. The zero-order valence-corrected chi connectivity index (χ0v) is 18.6. The molecule has 0 bridgehead atoms. The van der Waals surface area contributed by atoms with Crippen molar-refractivity contribution in [1.29, 1.82) is 0 Å². The van der Waals surface area contributed by atoms with Gasteiger partial charge in [-0.25, -0.2) is 4.39 Å². The van der Waals surface area contributed by atoms with E-state index in [-0.39, 0.29) is 18.3 Å². The topological polar surface area (TPSA) is 36.0 Å². The Bertz CT molecular complexity index is 867. The van der Waals surface area contributed by atoms with Crippen LogP contribution in [0.4, 0.5) is 15.8 Å². The Hall–Kier alpha value is -2.60. The summed E-state index contributed by atoms with van der Waals surface area (Å²) in [5.41, 5.74) is 2.32. The number of likely N-dealkylation sites (N-methyl/N-ethyl adjacent to an activating group) is 2. The number of halogens is 1. The molecule has 0 saturated carbocycles. The number of amides is 1. The molecule has 2 aromatic rings. The second-order valence-electron chi connectivity index (χ2n) is 8.45. The highest BCUT2D eigenvalue weighted by Crippen LogP contribution is 2.28. The lowest BCUT2D eigenvalue weighted by molar-refractivity contribution is -0.120. The van der Waals surface area contributed by atoms with Crippen LogP contribution in [0, 0.1) is 5.82 Å². The van der Waals surface area contributed by atoms with Crippen LogP contribution >= 0.6 is 0 Å². The Morgan fingerprint density at radius 1 is 1.17 bits per heavy atom. The largest absolute Gasteiger partial charge is 0.484 e. The minimum atomic E-state index is -0.309. The van der Waals surface area contributed by atoms with Crippen LogP contribution in [-0.4, -0.2) is 57.7 Å². The lowest BCUT2D eigenvalue weighted by Gasteiger charge is -2.23. The molecule has 5 nitrogen and oxygen atoms in total. The molecule has 6 heteroatoms. The molecular formula is C24H32FN3O2. The standard InChI is InChI=1S/C24H32FN3O2/c1-17(2)18-6-9-21(10-7-18)30-16-24(29)27(5)19-8-11-23(22(25)14-19)28-13-12-20(15-28)26(3)4/h6-11,14,17,20H,12-13,15-16H2,1-5H3. The molecule has 3 rings (SSSR count). The average molecular weight is 414 g/mol. The summed E-state index contributed by atoms with van der Waals surface area (Å²) in [6, 6.07) is 13.1. The zero-order chi connectivity index (χ0) is 21.8. The molecule has 0 radical (unpaired) electrons. The maximum atomic E-state index is 14.8. The van der Waals surface area contributed by atoms with E-state index in [0.717, 1.165) is 19.5 Å². The Morgan fingerprint density at radius 2 is 1.87 bits per heavy atom. The number of carbonyl (C=O) groups is 1. The number of anilines is 2. The van der Waals surface area contributed by atoms with Crippen molar-refractivity contribution >= 4 is 17.3 Å². The van der Waals surface area contributed by atoms with E-state index in [1.54, 1.807) is 19.2 Å². The molecule has 1 heterocycles. The molecule has 0 N–H and O–H groups in total. The van der Waals surface area contributed by atoms with Crippen molar-refractivity contribution < 1.29 is 13.9 Å². The number of rotatable bonds is 7. The molecule has 0 aromatic heterocycles. The van der Waals surface area contributed by atoms with Gasteiger partial charge in [0.1, 0.15) is 11.6 Å². The first-order valence-corrected chi connectivity index (χ1v) is 10.5. The summed E-state index contributed by atoms with van der Waals surface area (Å²) in [5, 5.41) is 0. The summed E-state index contributed by atoms with van der Waals surface area (Å²) >= 11 is 0. The van der Waals surface area contributed by atoms with E-state index >= 15 is 0 Å². The van der Waals surface area contributed by atoms with E-state index < -0.39 is 0 Å². The molecule has 1 unspecified atom stereocenters. The van der Waals surface area contributed by atoms with Crippen molar-refractivity contribution in [3.63, 3.8) is 0 Å². The number of hydrogen-bond donors (Lipinski definition) is 0. The number of hydrogen-bond acceptors (Lipinski definition) is 4. The SMILES string of the molecule is CC(C)c1ccc(OCC(=O)N(C)c2ccc(N3CCC(N(C)C)C3)c(F)c2)cc1. The first-order valence-electron chi connectivity index (χ1n) is 10.5. The van der Waals surface area contributed by atoms with Gasteiger partial charge in [0.15, 0.2) is 6.61 Å². The van der Waals surface area contributed by atoms with Gasteiger partial charge in [-0.3, -0.25) is 4.79 Å². The van der Waals surface area contributed by atoms with Gasteiger partial charge < -0.3 is 19.4 Å². The van der Waals surface area contributed by atoms with Crippen LogP contribution in [0.1, 0.15) is 31.7 Å². The molecule has 2 aromatic carbocycles. The minimum Gasteiger partial charge on any atom is -0.484 e. The molecule has 1 amide bonds. The highest BCUT2D eigenvalue weighted by molar-refractivity contribution is 5.94. The van der Waals surface area contributed by atoms with Crippen molar-refractivity contribution in [1.82, 2.24) is 4.90 Å². The van der Waals surface area contributed by atoms with Gasteiger partial charge in [0.25, 0.3) is 5.91 Å². The van der Waals surface area contributed by atoms with Crippen LogP contribution in [-0.2, 0) is 4.79 Å². The van der Waals surface area contributed by atoms with E-state index in [2.05, 4.69) is 37.7 Å². The fraction of sp³-hybridized carbons (Fsp3) is 0.458. The van der Waals surface area contributed by atoms with Crippen molar-refractivity contribution in [3.8, 4) is 5.75 Å². The van der Waals surface area contributed by atoms with Crippen LogP contribution in [0.25, 0.3) is 0 Å². The number of nitrogens with zero attached hydrogens (tertiary/aromatic N) is 3. The van der Waals surface area contributed by atoms with E-state index in [1.165, 1.54) is 16.5 Å². The van der Waals surface area contributed by atoms with Crippen molar-refractivity contribution in [2.75, 3.05) is 50.6 Å². The molecule has 30 heavy (non-hydrogen) atoms. The monoisotopic (exact) mass is 413 g/mol. The Morgan fingerprint density at radius 3 is 2.43 bits per heavy atom. The normalized spacial score (nSPS) is 16.4. The van der Waals surface area contributed by atoms with Crippen molar-refractivity contribution in [3.05, 3.63) is 53.8 Å². The summed E-state index contributed by atoms with van der Waals surface area (Å²) < 4.78 is 20.4. The lowest BCUT2D eigenvalue weighted by atomic mass is 10.0. The zero-order valence-electron chi connectivity index (χ0n) is 18.6. The van der Waals surface area contributed by atoms with Crippen LogP contribution in [0.2, 0.25) is 0 Å². The van der Waals surface area contributed by atoms with E-state index in [0.29, 0.717) is 29.1 Å². The maximum Gasteiger partial charge on any atom is 0.264 e. The third-order valence-corrected chi connectivity index (χ3v) is 5.84. The predicted octanol–water partition coefficient (Wildman–Crippen LogP) is 4.13. The third kappa shape index (κ3) is 5.11. The summed E-state index contributed by atoms with van der Waals surface area (Å²) in [4.78, 5) is 18.2. The fourth-order valence-corrected chi connectivity index (χ4v) is 3.68. The van der Waals surface area contributed by atoms with E-state index in [1.807, 2.05) is 24.3 Å². The molecule has 1 atom stereocenters. The molecule has 0 spiro atoms. The van der Waals surface area contributed by atoms with Gasteiger partial charge in [0.2, 0.25) is 0 Å². The van der Waals surface area contributed by atoms with Crippen LogP contribution in [0.5, 0.6) is 5.75 Å². The summed E-state index contributed by atoms with van der Waals surface area (Å²) in [6.07, 6.45) is 1.02. The smallest absolute Gasteiger partial charge is 0.264 e. The first kappa shape index (κ1) is 22.1. The maximum absolute atomic E-state index is 14.8. The minimum absolute atomic E-state index is 0.0997. The van der Waals surface area contributed by atoms with Crippen LogP contribution < -0.4 is 14.5 Å². The van der Waals surface area contributed by atoms with Gasteiger partial charge in [0.05, 0.1) is 5.69 Å². The number of ether oxygens (including phenoxy) is 1. The fourth-order valence-electron chi connectivity index (χ4n) is 3.68. The van der Waals surface area contributed by atoms with Crippen LogP contribution in [0.15, 0.2) is 42.5 Å². The number of benzene rings is 2. The second kappa shape index (κ2) is 9.47. The summed E-state index contributed by atoms with van der Waals surface area (Å²) in [7, 11) is 5.74. The highest BCUT2D eigenvalue weighted by atomic mass is 19.1. The molecule has 162 valence electrons. The van der Waals surface area contributed by atoms with E-state index in [9.17, 15) is 9.18 Å². The van der Waals surface area contributed by atoms with Gasteiger partial charge in [-0.05, 0) is 62.3 Å².